The molecule has 0 unspecified atom stereocenters. The van der Waals surface area contributed by atoms with E-state index in [1.54, 1.807) is 5.57 Å². The summed E-state index contributed by atoms with van der Waals surface area (Å²) in [5.74, 6) is 2.71. The molecule has 6 atom stereocenters. The van der Waals surface area contributed by atoms with Gasteiger partial charge in [0.05, 0.1) is 12.2 Å². The summed E-state index contributed by atoms with van der Waals surface area (Å²) in [5, 5.41) is 0. The van der Waals surface area contributed by atoms with Crippen LogP contribution < -0.4 is 0 Å². The summed E-state index contributed by atoms with van der Waals surface area (Å²) in [4.78, 5) is 0. The molecule has 110 valence electrons. The Morgan fingerprint density at radius 2 is 1.95 bits per heavy atom. The van der Waals surface area contributed by atoms with Crippen molar-refractivity contribution in [3.05, 3.63) is 12.2 Å². The lowest BCUT2D eigenvalue weighted by Crippen LogP contribution is -2.56. The highest BCUT2D eigenvalue weighted by molar-refractivity contribution is 5.23. The van der Waals surface area contributed by atoms with Crippen LogP contribution in [0.4, 0.5) is 0 Å². The molecular weight excluding hydrogens is 244 g/mol. The maximum atomic E-state index is 6.03. The minimum Gasteiger partial charge on any atom is -0.369 e. The normalized spacial score (nSPS) is 60.2. The van der Waals surface area contributed by atoms with Crippen LogP contribution in [0.1, 0.15) is 64.7 Å². The summed E-state index contributed by atoms with van der Waals surface area (Å²) >= 11 is 0. The van der Waals surface area contributed by atoms with Crippen LogP contribution in [0.25, 0.3) is 0 Å². The van der Waals surface area contributed by atoms with Gasteiger partial charge < -0.3 is 4.74 Å². The lowest BCUT2D eigenvalue weighted by molar-refractivity contribution is -0.128. The second-order valence-electron chi connectivity index (χ2n) is 9.03. The Balaban J connectivity index is 1.56. The van der Waals surface area contributed by atoms with Gasteiger partial charge in [0, 0.05) is 0 Å². The number of rotatable bonds is 0. The minimum atomic E-state index is 0.334. The molecule has 5 aliphatic rings. The fraction of sp³-hybridized carbons (Fsp3) is 0.895. The van der Waals surface area contributed by atoms with E-state index in [-0.39, 0.29) is 0 Å². The number of fused-ring (bicyclic) bond motifs is 4. The van der Waals surface area contributed by atoms with Gasteiger partial charge >= 0.3 is 0 Å². The van der Waals surface area contributed by atoms with Crippen molar-refractivity contribution in [1.82, 2.24) is 0 Å². The van der Waals surface area contributed by atoms with Crippen molar-refractivity contribution in [3.63, 3.8) is 0 Å². The van der Waals surface area contributed by atoms with E-state index in [0.29, 0.717) is 16.4 Å². The molecular formula is C19H28O. The zero-order valence-electron chi connectivity index (χ0n) is 12.9. The van der Waals surface area contributed by atoms with E-state index < -0.39 is 0 Å². The monoisotopic (exact) mass is 272 g/mol. The number of epoxide rings is 1. The van der Waals surface area contributed by atoms with Crippen molar-refractivity contribution in [3.8, 4) is 0 Å². The highest BCUT2D eigenvalue weighted by Gasteiger charge is 2.67. The largest absolute Gasteiger partial charge is 0.369 e. The summed E-state index contributed by atoms with van der Waals surface area (Å²) in [6.45, 7) is 8.14. The molecule has 2 spiro atoms. The average Bonchev–Trinajstić information content (AvgIpc) is 3.13. The molecule has 4 aliphatic carbocycles. The van der Waals surface area contributed by atoms with Gasteiger partial charge in [0.25, 0.3) is 0 Å². The first-order valence-electron chi connectivity index (χ1n) is 8.90. The van der Waals surface area contributed by atoms with Crippen molar-refractivity contribution in [2.24, 2.45) is 28.6 Å². The predicted molar refractivity (Wildman–Crippen MR) is 80.4 cm³/mol. The highest BCUT2D eigenvalue weighted by atomic mass is 16.6. The smallest absolute Gasteiger partial charge is 0.0949 e. The van der Waals surface area contributed by atoms with Gasteiger partial charge in [-0.15, -0.1) is 0 Å². The Bertz CT molecular complexity index is 476. The van der Waals surface area contributed by atoms with E-state index in [1.165, 1.54) is 57.8 Å². The van der Waals surface area contributed by atoms with Crippen LogP contribution >= 0.6 is 0 Å². The molecule has 4 saturated carbocycles. The van der Waals surface area contributed by atoms with Crippen molar-refractivity contribution in [2.45, 2.75) is 70.3 Å². The molecule has 1 heteroatoms. The highest BCUT2D eigenvalue weighted by Crippen LogP contribution is 2.72. The van der Waals surface area contributed by atoms with Crippen molar-refractivity contribution in [2.75, 3.05) is 6.61 Å². The summed E-state index contributed by atoms with van der Waals surface area (Å²) in [5.41, 5.74) is 3.16. The SMILES string of the molecule is C=C1C[C@@]23CC[C@@H]4[C@@]5(CCC[C@@]4(C)[C@@H]2CC[C@@H]1C3)CO5. The molecule has 1 nitrogen and oxygen atoms in total. The van der Waals surface area contributed by atoms with Gasteiger partial charge in [0.15, 0.2) is 0 Å². The van der Waals surface area contributed by atoms with E-state index in [0.717, 1.165) is 24.4 Å². The van der Waals surface area contributed by atoms with E-state index in [4.69, 9.17) is 4.74 Å². The molecule has 5 rings (SSSR count). The molecule has 1 aliphatic heterocycles. The lowest BCUT2D eigenvalue weighted by Gasteiger charge is -2.61. The maximum Gasteiger partial charge on any atom is 0.0949 e. The van der Waals surface area contributed by atoms with Crippen molar-refractivity contribution < 1.29 is 4.74 Å². The van der Waals surface area contributed by atoms with Crippen molar-refractivity contribution in [1.29, 1.82) is 0 Å². The second kappa shape index (κ2) is 3.54. The van der Waals surface area contributed by atoms with Gasteiger partial charge in [-0.25, -0.2) is 0 Å². The molecule has 20 heavy (non-hydrogen) atoms. The summed E-state index contributed by atoms with van der Waals surface area (Å²) in [7, 11) is 0. The predicted octanol–water partition coefficient (Wildman–Crippen LogP) is 4.72. The van der Waals surface area contributed by atoms with E-state index in [1.807, 2.05) is 0 Å². The molecule has 0 aromatic carbocycles. The summed E-state index contributed by atoms with van der Waals surface area (Å²) in [6, 6.07) is 0. The fourth-order valence-corrected chi connectivity index (χ4v) is 7.54. The molecule has 2 bridgehead atoms. The van der Waals surface area contributed by atoms with Crippen LogP contribution in [0.2, 0.25) is 0 Å². The zero-order valence-corrected chi connectivity index (χ0v) is 12.9. The van der Waals surface area contributed by atoms with Crippen LogP contribution in [0, 0.1) is 28.6 Å². The lowest BCUT2D eigenvalue weighted by atomic mass is 9.43. The third-order valence-corrected chi connectivity index (χ3v) is 8.34. The standard InChI is InChI=1S/C19H28O/c1-13-10-18-9-6-16-17(2,7-3-8-19(16)12-20-19)15(18)5-4-14(13)11-18/h14-16H,1,3-12H2,2H3/t14-,15+,16+,17+,18-,19-/m1/s1. The second-order valence-corrected chi connectivity index (χ2v) is 9.03. The van der Waals surface area contributed by atoms with E-state index in [9.17, 15) is 0 Å². The fourth-order valence-electron chi connectivity index (χ4n) is 7.54. The number of hydrogen-bond donors (Lipinski definition) is 0. The third-order valence-electron chi connectivity index (χ3n) is 8.34. The Labute approximate surface area is 123 Å². The van der Waals surface area contributed by atoms with Gasteiger partial charge in [-0.1, -0.05) is 19.1 Å². The maximum absolute atomic E-state index is 6.03. The third kappa shape index (κ3) is 1.30. The number of hydrogen-bond acceptors (Lipinski definition) is 1. The first-order valence-corrected chi connectivity index (χ1v) is 8.90. The van der Waals surface area contributed by atoms with Gasteiger partial charge in [-0.2, -0.15) is 0 Å². The molecule has 1 heterocycles. The zero-order chi connectivity index (χ0) is 13.6. The minimum absolute atomic E-state index is 0.334. The van der Waals surface area contributed by atoms with E-state index >= 15 is 0 Å². The molecule has 0 aromatic rings. The van der Waals surface area contributed by atoms with Crippen LogP contribution in [0.5, 0.6) is 0 Å². The molecule has 0 N–H and O–H groups in total. The van der Waals surface area contributed by atoms with Gasteiger partial charge in [-0.3, -0.25) is 0 Å². The molecule has 0 aromatic heterocycles. The molecule has 0 radical (unpaired) electrons. The van der Waals surface area contributed by atoms with Crippen LogP contribution in [-0.4, -0.2) is 12.2 Å². The van der Waals surface area contributed by atoms with Gasteiger partial charge in [0.2, 0.25) is 0 Å². The van der Waals surface area contributed by atoms with Crippen LogP contribution in [-0.2, 0) is 4.74 Å². The molecule has 5 fully saturated rings. The van der Waals surface area contributed by atoms with Crippen LogP contribution in [0.15, 0.2) is 12.2 Å². The number of allylic oxidation sites excluding steroid dienone is 1. The molecule has 1 saturated heterocycles. The van der Waals surface area contributed by atoms with Gasteiger partial charge in [-0.05, 0) is 86.4 Å². The Morgan fingerprint density at radius 1 is 1.10 bits per heavy atom. The van der Waals surface area contributed by atoms with Crippen molar-refractivity contribution >= 4 is 0 Å². The first kappa shape index (κ1) is 12.3. The Hall–Kier alpha value is -0.300. The average molecular weight is 272 g/mol. The first-order chi connectivity index (χ1) is 9.58. The van der Waals surface area contributed by atoms with Gasteiger partial charge in [0.1, 0.15) is 0 Å². The molecule has 0 amide bonds. The topological polar surface area (TPSA) is 12.5 Å². The van der Waals surface area contributed by atoms with Crippen LogP contribution in [0.3, 0.4) is 0 Å². The summed E-state index contributed by atoms with van der Waals surface area (Å²) < 4.78 is 6.03. The quantitative estimate of drug-likeness (QED) is 0.459. The Morgan fingerprint density at radius 3 is 2.75 bits per heavy atom. The number of ether oxygens (including phenoxy) is 1. The summed E-state index contributed by atoms with van der Waals surface area (Å²) in [6.07, 6.45) is 12.9. The van der Waals surface area contributed by atoms with E-state index in [2.05, 4.69) is 13.5 Å². The Kier molecular flexibility index (Phi) is 2.17.